The maximum atomic E-state index is 13.0. The molecule has 6 rings (SSSR count). The SMILES string of the molecule is CN(C)Cc1ccc(/C=C/c2n[nH]c3cc(C4CC45C(=O)Nc4ccc(OC(F)F)cc45)ccc23)cc1. The molecule has 0 saturated heterocycles. The van der Waals surface area contributed by atoms with E-state index in [1.54, 1.807) is 12.1 Å². The molecule has 0 radical (unpaired) electrons. The molecule has 1 amide bonds. The number of nitrogens with one attached hydrogen (secondary N) is 2. The van der Waals surface area contributed by atoms with Crippen LogP contribution in [0.5, 0.6) is 5.75 Å². The van der Waals surface area contributed by atoms with Crippen molar-refractivity contribution >= 4 is 34.6 Å². The third-order valence-electron chi connectivity index (χ3n) is 7.24. The van der Waals surface area contributed by atoms with Crippen LogP contribution in [0.2, 0.25) is 0 Å². The van der Waals surface area contributed by atoms with E-state index in [9.17, 15) is 13.6 Å². The first-order valence-electron chi connectivity index (χ1n) is 12.1. The monoisotopic (exact) mass is 500 g/mol. The van der Waals surface area contributed by atoms with Crippen LogP contribution < -0.4 is 10.1 Å². The number of anilines is 1. The summed E-state index contributed by atoms with van der Waals surface area (Å²) in [6, 6.07) is 19.1. The Bertz CT molecular complexity index is 1530. The van der Waals surface area contributed by atoms with Gasteiger partial charge < -0.3 is 15.0 Å². The number of ether oxygens (including phenoxy) is 1. The Morgan fingerprint density at radius 3 is 2.68 bits per heavy atom. The van der Waals surface area contributed by atoms with Gasteiger partial charge in [-0.1, -0.05) is 42.5 Å². The topological polar surface area (TPSA) is 70.2 Å². The highest BCUT2D eigenvalue weighted by atomic mass is 19.3. The predicted octanol–water partition coefficient (Wildman–Crippen LogP) is 5.77. The lowest BCUT2D eigenvalue weighted by Gasteiger charge is -2.11. The number of amides is 1. The number of H-pyrrole nitrogens is 1. The summed E-state index contributed by atoms with van der Waals surface area (Å²) >= 11 is 0. The van der Waals surface area contributed by atoms with Gasteiger partial charge in [0.2, 0.25) is 5.91 Å². The number of alkyl halides is 2. The third kappa shape index (κ3) is 4.17. The molecule has 1 saturated carbocycles. The minimum absolute atomic E-state index is 0.0528. The Morgan fingerprint density at radius 2 is 1.92 bits per heavy atom. The standard InChI is InChI=1S/C29H26F2N4O2/c1-35(2)16-18-5-3-17(4-6-18)7-11-24-21-10-8-19(13-26(21)34-33-24)23-15-29(23)22-14-20(37-28(30)31)9-12-25(22)32-27(29)36/h3-14,23,28H,15-16H2,1-2H3,(H,32,36)(H,33,34)/b11-7+. The van der Waals surface area contributed by atoms with Crippen molar-refractivity contribution in [2.45, 2.75) is 30.9 Å². The fraction of sp³-hybridized carbons (Fsp3) is 0.241. The number of benzene rings is 3. The number of halogens is 2. The molecule has 1 spiro atoms. The number of hydrogen-bond acceptors (Lipinski definition) is 4. The molecule has 8 heteroatoms. The van der Waals surface area contributed by atoms with Gasteiger partial charge in [0.1, 0.15) is 5.75 Å². The van der Waals surface area contributed by atoms with E-state index in [1.807, 2.05) is 44.4 Å². The molecule has 6 nitrogen and oxygen atoms in total. The maximum Gasteiger partial charge on any atom is 0.387 e. The van der Waals surface area contributed by atoms with Crippen molar-refractivity contribution in [3.8, 4) is 5.75 Å². The van der Waals surface area contributed by atoms with Crippen molar-refractivity contribution in [2.75, 3.05) is 19.4 Å². The molecule has 1 aliphatic carbocycles. The van der Waals surface area contributed by atoms with E-state index in [2.05, 4.69) is 49.4 Å². The van der Waals surface area contributed by atoms with Crippen LogP contribution in [0.15, 0.2) is 60.7 Å². The molecule has 37 heavy (non-hydrogen) atoms. The molecule has 2 heterocycles. The molecule has 0 bridgehead atoms. The molecule has 188 valence electrons. The van der Waals surface area contributed by atoms with E-state index in [0.29, 0.717) is 17.7 Å². The molecule has 2 N–H and O–H groups in total. The lowest BCUT2D eigenvalue weighted by Crippen LogP contribution is -2.21. The van der Waals surface area contributed by atoms with Gasteiger partial charge in [0.15, 0.2) is 0 Å². The summed E-state index contributed by atoms with van der Waals surface area (Å²) in [5.74, 6) is -0.0994. The zero-order valence-electron chi connectivity index (χ0n) is 20.5. The van der Waals surface area contributed by atoms with Gasteiger partial charge in [0, 0.05) is 23.5 Å². The van der Waals surface area contributed by atoms with Gasteiger partial charge in [-0.2, -0.15) is 13.9 Å². The Morgan fingerprint density at radius 1 is 1.11 bits per heavy atom. The van der Waals surface area contributed by atoms with Gasteiger partial charge in [-0.25, -0.2) is 0 Å². The first-order valence-corrected chi connectivity index (χ1v) is 12.1. The first-order chi connectivity index (χ1) is 17.8. The van der Waals surface area contributed by atoms with E-state index in [-0.39, 0.29) is 17.6 Å². The maximum absolute atomic E-state index is 13.0. The molecule has 3 aromatic carbocycles. The normalized spacial score (nSPS) is 20.4. The highest BCUT2D eigenvalue weighted by molar-refractivity contribution is 6.10. The molecule has 1 aromatic heterocycles. The zero-order valence-corrected chi connectivity index (χ0v) is 20.5. The number of rotatable bonds is 7. The largest absolute Gasteiger partial charge is 0.435 e. The third-order valence-corrected chi connectivity index (χ3v) is 7.24. The fourth-order valence-electron chi connectivity index (χ4n) is 5.42. The number of carbonyl (C=O) groups is 1. The lowest BCUT2D eigenvalue weighted by molar-refractivity contribution is -0.118. The zero-order chi connectivity index (χ0) is 25.7. The van der Waals surface area contributed by atoms with Crippen LogP contribution >= 0.6 is 0 Å². The van der Waals surface area contributed by atoms with Crippen LogP contribution in [0.3, 0.4) is 0 Å². The average Bonchev–Trinajstić information content (AvgIpc) is 3.40. The van der Waals surface area contributed by atoms with E-state index < -0.39 is 12.0 Å². The summed E-state index contributed by atoms with van der Waals surface area (Å²) in [4.78, 5) is 15.1. The van der Waals surface area contributed by atoms with Crippen LogP contribution in [0.1, 0.15) is 40.3 Å². The van der Waals surface area contributed by atoms with E-state index in [1.165, 1.54) is 11.6 Å². The van der Waals surface area contributed by atoms with Crippen LogP contribution in [-0.2, 0) is 16.8 Å². The van der Waals surface area contributed by atoms with Crippen molar-refractivity contribution in [3.05, 3.63) is 88.6 Å². The summed E-state index contributed by atoms with van der Waals surface area (Å²) in [5, 5.41) is 11.5. The second kappa shape index (κ2) is 8.81. The summed E-state index contributed by atoms with van der Waals surface area (Å²) in [7, 11) is 4.10. The van der Waals surface area contributed by atoms with Crippen LogP contribution in [0, 0.1) is 0 Å². The second-order valence-electron chi connectivity index (χ2n) is 9.99. The summed E-state index contributed by atoms with van der Waals surface area (Å²) in [5.41, 5.74) is 5.68. The van der Waals surface area contributed by atoms with Crippen molar-refractivity contribution in [3.63, 3.8) is 0 Å². The highest BCUT2D eigenvalue weighted by Gasteiger charge is 2.65. The van der Waals surface area contributed by atoms with Gasteiger partial charge in [0.05, 0.1) is 16.6 Å². The number of nitrogens with zero attached hydrogens (tertiary/aromatic N) is 2. The molecule has 2 atom stereocenters. The first kappa shape index (κ1) is 23.4. The quantitative estimate of drug-likeness (QED) is 0.338. The minimum atomic E-state index is -2.91. The summed E-state index contributed by atoms with van der Waals surface area (Å²) < 4.78 is 30.1. The Hall–Kier alpha value is -4.04. The highest BCUT2D eigenvalue weighted by Crippen LogP contribution is 2.65. The molecule has 2 aliphatic rings. The molecule has 2 unspecified atom stereocenters. The van der Waals surface area contributed by atoms with Gasteiger partial charge in [-0.15, -0.1) is 0 Å². The van der Waals surface area contributed by atoms with Crippen molar-refractivity contribution in [1.29, 1.82) is 0 Å². The van der Waals surface area contributed by atoms with Crippen LogP contribution in [-0.4, -0.2) is 41.7 Å². The summed E-state index contributed by atoms with van der Waals surface area (Å²) in [6.07, 6.45) is 4.64. The Kier molecular flexibility index (Phi) is 5.56. The Balaban J connectivity index is 1.23. The molecular weight excluding hydrogens is 474 g/mol. The van der Waals surface area contributed by atoms with E-state index in [4.69, 9.17) is 0 Å². The van der Waals surface area contributed by atoms with Gasteiger partial charge in [-0.05, 0) is 73.1 Å². The smallest absolute Gasteiger partial charge is 0.387 e. The molecule has 1 fully saturated rings. The predicted molar refractivity (Wildman–Crippen MR) is 140 cm³/mol. The van der Waals surface area contributed by atoms with Crippen molar-refractivity contribution in [2.24, 2.45) is 0 Å². The number of hydrogen-bond donors (Lipinski definition) is 2. The summed E-state index contributed by atoms with van der Waals surface area (Å²) in [6.45, 7) is -2.02. The number of fused-ring (bicyclic) bond motifs is 3. The van der Waals surface area contributed by atoms with Gasteiger partial charge in [0.25, 0.3) is 0 Å². The molecule has 1 aliphatic heterocycles. The average molecular weight is 501 g/mol. The van der Waals surface area contributed by atoms with E-state index >= 15 is 0 Å². The second-order valence-corrected chi connectivity index (χ2v) is 9.99. The van der Waals surface area contributed by atoms with Crippen molar-refractivity contribution in [1.82, 2.24) is 15.1 Å². The van der Waals surface area contributed by atoms with Crippen LogP contribution in [0.25, 0.3) is 23.1 Å². The fourth-order valence-corrected chi connectivity index (χ4v) is 5.42. The van der Waals surface area contributed by atoms with Crippen molar-refractivity contribution < 1.29 is 18.3 Å². The lowest BCUT2D eigenvalue weighted by atomic mass is 9.91. The number of aromatic amines is 1. The van der Waals surface area contributed by atoms with Crippen LogP contribution in [0.4, 0.5) is 14.5 Å². The van der Waals surface area contributed by atoms with E-state index in [0.717, 1.165) is 34.3 Å². The number of aromatic nitrogens is 2. The minimum Gasteiger partial charge on any atom is -0.435 e. The van der Waals surface area contributed by atoms with Gasteiger partial charge in [-0.3, -0.25) is 9.89 Å². The molecular formula is C29H26F2N4O2. The Labute approximate surface area is 212 Å². The molecule has 4 aromatic rings. The van der Waals surface area contributed by atoms with Gasteiger partial charge >= 0.3 is 6.61 Å². The number of carbonyl (C=O) groups excluding carboxylic acids is 1.